The van der Waals surface area contributed by atoms with Gasteiger partial charge >= 0.3 is 0 Å². The smallest absolute Gasteiger partial charge is 0.149 e. The van der Waals surface area contributed by atoms with Crippen molar-refractivity contribution in [2.45, 2.75) is 13.0 Å². The molecule has 0 aliphatic heterocycles. The summed E-state index contributed by atoms with van der Waals surface area (Å²) in [6, 6.07) is 1.78. The molecule has 6 heteroatoms. The van der Waals surface area contributed by atoms with E-state index in [1.165, 1.54) is 0 Å². The summed E-state index contributed by atoms with van der Waals surface area (Å²) in [5.74, 6) is 1.28. The molecule has 78 valence electrons. The van der Waals surface area contributed by atoms with Crippen molar-refractivity contribution in [2.24, 2.45) is 0 Å². The SMILES string of the molecule is ClCCc1cn(Cc2ncccn2)nn1. The molecule has 0 aliphatic rings. The maximum Gasteiger partial charge on any atom is 0.149 e. The Balaban J connectivity index is 2.05. The van der Waals surface area contributed by atoms with Gasteiger partial charge in [-0.2, -0.15) is 0 Å². The molecule has 0 amide bonds. The highest BCUT2D eigenvalue weighted by Gasteiger charge is 2.01. The molecule has 2 aromatic heterocycles. The lowest BCUT2D eigenvalue weighted by Gasteiger charge is -1.97. The summed E-state index contributed by atoms with van der Waals surface area (Å²) in [5, 5.41) is 7.93. The summed E-state index contributed by atoms with van der Waals surface area (Å²) in [6.45, 7) is 0.538. The standard InChI is InChI=1S/C9H10ClN5/c10-3-2-8-6-15(14-13-8)7-9-11-4-1-5-12-9/h1,4-6H,2-3,7H2. The zero-order valence-corrected chi connectivity index (χ0v) is 8.80. The molecular weight excluding hydrogens is 214 g/mol. The van der Waals surface area contributed by atoms with E-state index in [2.05, 4.69) is 20.3 Å². The van der Waals surface area contributed by atoms with Crippen LogP contribution < -0.4 is 0 Å². The number of rotatable bonds is 4. The third-order valence-corrected chi connectivity index (χ3v) is 2.05. The first-order valence-electron chi connectivity index (χ1n) is 4.59. The van der Waals surface area contributed by atoms with Gasteiger partial charge in [-0.25, -0.2) is 14.6 Å². The van der Waals surface area contributed by atoms with E-state index in [1.54, 1.807) is 23.1 Å². The lowest BCUT2D eigenvalue weighted by atomic mass is 10.4. The van der Waals surface area contributed by atoms with Crippen LogP contribution in [0, 0.1) is 0 Å². The molecule has 0 aliphatic carbocycles. The first-order valence-corrected chi connectivity index (χ1v) is 5.13. The van der Waals surface area contributed by atoms with Crippen LogP contribution in [0.3, 0.4) is 0 Å². The minimum atomic E-state index is 0.538. The van der Waals surface area contributed by atoms with Gasteiger partial charge in [-0.1, -0.05) is 5.21 Å². The largest absolute Gasteiger partial charge is 0.245 e. The van der Waals surface area contributed by atoms with Crippen molar-refractivity contribution in [1.29, 1.82) is 0 Å². The normalized spacial score (nSPS) is 10.5. The van der Waals surface area contributed by atoms with Crippen LogP contribution in [0.5, 0.6) is 0 Å². The Bertz CT molecular complexity index is 413. The van der Waals surface area contributed by atoms with Crippen LogP contribution in [-0.4, -0.2) is 30.8 Å². The molecule has 0 unspecified atom stereocenters. The van der Waals surface area contributed by atoms with Crippen LogP contribution in [0.25, 0.3) is 0 Å². The first kappa shape index (κ1) is 10.0. The second-order valence-electron chi connectivity index (χ2n) is 3.01. The zero-order chi connectivity index (χ0) is 10.5. The average molecular weight is 224 g/mol. The van der Waals surface area contributed by atoms with Crippen molar-refractivity contribution >= 4 is 11.6 Å². The predicted octanol–water partition coefficient (Wildman–Crippen LogP) is 0.898. The predicted molar refractivity (Wildman–Crippen MR) is 55.6 cm³/mol. The van der Waals surface area contributed by atoms with Crippen molar-refractivity contribution in [3.05, 3.63) is 36.2 Å². The zero-order valence-electron chi connectivity index (χ0n) is 8.04. The van der Waals surface area contributed by atoms with Crippen molar-refractivity contribution < 1.29 is 0 Å². The molecule has 2 rings (SSSR count). The Labute approximate surface area is 92.1 Å². The summed E-state index contributed by atoms with van der Waals surface area (Å²) in [4.78, 5) is 8.21. The van der Waals surface area contributed by atoms with Gasteiger partial charge in [0.2, 0.25) is 0 Å². The highest BCUT2D eigenvalue weighted by Crippen LogP contribution is 1.98. The fourth-order valence-electron chi connectivity index (χ4n) is 1.18. The van der Waals surface area contributed by atoms with E-state index in [4.69, 9.17) is 11.6 Å². The Morgan fingerprint density at radius 2 is 2.07 bits per heavy atom. The second kappa shape index (κ2) is 4.84. The molecule has 0 atom stereocenters. The molecule has 0 aromatic carbocycles. The summed E-state index contributed by atoms with van der Waals surface area (Å²) in [5.41, 5.74) is 0.890. The van der Waals surface area contributed by atoms with Crippen LogP contribution in [0.15, 0.2) is 24.7 Å². The lowest BCUT2D eigenvalue weighted by molar-refractivity contribution is 0.624. The molecule has 0 radical (unpaired) electrons. The Morgan fingerprint density at radius 3 is 2.80 bits per heavy atom. The maximum absolute atomic E-state index is 5.60. The van der Waals surface area contributed by atoms with Crippen molar-refractivity contribution in [1.82, 2.24) is 25.0 Å². The molecule has 0 saturated carbocycles. The van der Waals surface area contributed by atoms with Crippen molar-refractivity contribution in [3.63, 3.8) is 0 Å². The Hall–Kier alpha value is -1.49. The van der Waals surface area contributed by atoms with Gasteiger partial charge in [0.1, 0.15) is 12.4 Å². The first-order chi connectivity index (χ1) is 7.38. The molecule has 2 aromatic rings. The molecule has 0 N–H and O–H groups in total. The number of hydrogen-bond donors (Lipinski definition) is 0. The number of alkyl halides is 1. The maximum atomic E-state index is 5.60. The highest BCUT2D eigenvalue weighted by atomic mass is 35.5. The average Bonchev–Trinajstić information content (AvgIpc) is 2.68. The fourth-order valence-corrected chi connectivity index (χ4v) is 1.38. The lowest BCUT2D eigenvalue weighted by Crippen LogP contribution is -2.04. The molecule has 2 heterocycles. The van der Waals surface area contributed by atoms with Gasteiger partial charge in [-0.3, -0.25) is 0 Å². The Morgan fingerprint density at radius 1 is 1.27 bits per heavy atom. The van der Waals surface area contributed by atoms with Gasteiger partial charge in [-0.05, 0) is 6.07 Å². The summed E-state index contributed by atoms with van der Waals surface area (Å²) < 4.78 is 1.71. The third kappa shape index (κ3) is 2.73. The third-order valence-electron chi connectivity index (χ3n) is 1.86. The molecule has 0 spiro atoms. The van der Waals surface area contributed by atoms with Crippen molar-refractivity contribution in [3.8, 4) is 0 Å². The number of halogens is 1. The van der Waals surface area contributed by atoms with E-state index >= 15 is 0 Å². The summed E-state index contributed by atoms with van der Waals surface area (Å²) in [6.07, 6.45) is 6.01. The Kier molecular flexibility index (Phi) is 3.24. The van der Waals surface area contributed by atoms with E-state index in [0.717, 1.165) is 17.9 Å². The van der Waals surface area contributed by atoms with E-state index in [9.17, 15) is 0 Å². The molecule has 0 fully saturated rings. The van der Waals surface area contributed by atoms with Gasteiger partial charge < -0.3 is 0 Å². The van der Waals surface area contributed by atoms with E-state index in [0.29, 0.717) is 12.4 Å². The van der Waals surface area contributed by atoms with Gasteiger partial charge in [0.15, 0.2) is 0 Å². The summed E-state index contributed by atoms with van der Waals surface area (Å²) in [7, 11) is 0. The van der Waals surface area contributed by atoms with Gasteiger partial charge in [0, 0.05) is 30.9 Å². The van der Waals surface area contributed by atoms with Gasteiger partial charge in [0.05, 0.1) is 5.69 Å². The number of nitrogens with zero attached hydrogens (tertiary/aromatic N) is 5. The van der Waals surface area contributed by atoms with Gasteiger partial charge in [-0.15, -0.1) is 16.7 Å². The quantitative estimate of drug-likeness (QED) is 0.723. The van der Waals surface area contributed by atoms with Crippen LogP contribution in [0.2, 0.25) is 0 Å². The van der Waals surface area contributed by atoms with E-state index < -0.39 is 0 Å². The van der Waals surface area contributed by atoms with Crippen molar-refractivity contribution in [2.75, 3.05) is 5.88 Å². The van der Waals surface area contributed by atoms with Gasteiger partial charge in [0.25, 0.3) is 0 Å². The molecule has 0 saturated heterocycles. The molecule has 15 heavy (non-hydrogen) atoms. The fraction of sp³-hybridized carbons (Fsp3) is 0.333. The van der Waals surface area contributed by atoms with E-state index in [1.807, 2.05) is 6.20 Å². The number of aryl methyl sites for hydroxylation is 1. The van der Waals surface area contributed by atoms with Crippen LogP contribution >= 0.6 is 11.6 Å². The second-order valence-corrected chi connectivity index (χ2v) is 3.39. The topological polar surface area (TPSA) is 56.5 Å². The highest BCUT2D eigenvalue weighted by molar-refractivity contribution is 6.17. The van der Waals surface area contributed by atoms with E-state index in [-0.39, 0.29) is 0 Å². The minimum Gasteiger partial charge on any atom is -0.245 e. The molecular formula is C9H10ClN5. The summed E-state index contributed by atoms with van der Waals surface area (Å²) >= 11 is 5.60. The molecule has 5 nitrogen and oxygen atoms in total. The minimum absolute atomic E-state index is 0.538. The van der Waals surface area contributed by atoms with Crippen LogP contribution in [-0.2, 0) is 13.0 Å². The number of aromatic nitrogens is 5. The number of hydrogen-bond acceptors (Lipinski definition) is 4. The van der Waals surface area contributed by atoms with Crippen LogP contribution in [0.4, 0.5) is 0 Å². The monoisotopic (exact) mass is 223 g/mol. The van der Waals surface area contributed by atoms with Crippen LogP contribution in [0.1, 0.15) is 11.5 Å². The molecule has 0 bridgehead atoms.